The number of rotatable bonds is 5. The maximum Gasteiger partial charge on any atom is 0.125 e. The molecule has 0 saturated carbocycles. The predicted molar refractivity (Wildman–Crippen MR) is 134 cm³/mol. The van der Waals surface area contributed by atoms with Crippen LogP contribution in [0.3, 0.4) is 0 Å². The minimum absolute atomic E-state index is 0.0494. The Bertz CT molecular complexity index is 1340. The summed E-state index contributed by atoms with van der Waals surface area (Å²) in [5.74, 6) is 0. The summed E-state index contributed by atoms with van der Waals surface area (Å²) in [7, 11) is 0. The Morgan fingerprint density at radius 2 is 1.82 bits per heavy atom. The third-order valence-corrected chi connectivity index (χ3v) is 7.40. The van der Waals surface area contributed by atoms with E-state index in [1.165, 1.54) is 16.6 Å². The summed E-state index contributed by atoms with van der Waals surface area (Å²) >= 11 is 0. The second kappa shape index (κ2) is 7.92. The van der Waals surface area contributed by atoms with E-state index < -0.39 is 11.8 Å². The summed E-state index contributed by atoms with van der Waals surface area (Å²) in [5.41, 5.74) is 5.69. The fourth-order valence-corrected chi connectivity index (χ4v) is 5.89. The van der Waals surface area contributed by atoms with Crippen LogP contribution in [-0.4, -0.2) is 57.3 Å². The van der Waals surface area contributed by atoms with Crippen molar-refractivity contribution in [3.05, 3.63) is 71.0 Å². The summed E-state index contributed by atoms with van der Waals surface area (Å²) in [5, 5.41) is 2.40. The predicted octanol–water partition coefficient (Wildman–Crippen LogP) is 5.89. The van der Waals surface area contributed by atoms with E-state index in [0.717, 1.165) is 40.6 Å². The summed E-state index contributed by atoms with van der Waals surface area (Å²) in [6.07, 6.45) is 0.203. The zero-order valence-corrected chi connectivity index (χ0v) is 20.0. The highest BCUT2D eigenvalue weighted by molar-refractivity contribution is 5.86. The van der Waals surface area contributed by atoms with E-state index in [2.05, 4.69) is 75.2 Å². The van der Waals surface area contributed by atoms with Gasteiger partial charge in [0.2, 0.25) is 0 Å². The largest absolute Gasteiger partial charge is 0.357 e. The summed E-state index contributed by atoms with van der Waals surface area (Å²) in [6.45, 7) is 7.66. The highest BCUT2D eigenvalue weighted by Crippen LogP contribution is 2.42. The number of aromatic nitrogens is 2. The van der Waals surface area contributed by atoms with Gasteiger partial charge in [-0.15, -0.1) is 0 Å². The Hall–Kier alpha value is -2.70. The Kier molecular flexibility index (Phi) is 5.08. The van der Waals surface area contributed by atoms with Crippen molar-refractivity contribution in [2.75, 3.05) is 19.6 Å². The molecule has 0 unspecified atom stereocenters. The van der Waals surface area contributed by atoms with E-state index in [9.17, 15) is 8.78 Å². The number of hydrogen-bond donors (Lipinski definition) is 2. The minimum Gasteiger partial charge on any atom is -0.357 e. The molecule has 0 spiro atoms. The lowest BCUT2D eigenvalue weighted by Crippen LogP contribution is -2.47. The standard InChI is InChI=1S/C28H32F2N4/c1-17-10-23-22-6-4-5-7-25(22)32-26(23)27(34(17)16-28(2,3)30)18-8-9-24-19(11-18)12-21(31-24)15-33-13-20(29)14-33/h4-9,11-12,17,20,27,31-32H,10,13-16H2,1-3H3/t17-,27-/m1/s1. The molecule has 34 heavy (non-hydrogen) atoms. The van der Waals surface area contributed by atoms with Crippen molar-refractivity contribution < 1.29 is 8.78 Å². The van der Waals surface area contributed by atoms with Gasteiger partial charge in [0.1, 0.15) is 11.8 Å². The Balaban J connectivity index is 1.43. The number of para-hydroxylation sites is 1. The van der Waals surface area contributed by atoms with Crippen molar-refractivity contribution in [2.45, 2.75) is 57.7 Å². The van der Waals surface area contributed by atoms with Crippen LogP contribution in [0.1, 0.15) is 49.3 Å². The van der Waals surface area contributed by atoms with Gasteiger partial charge in [-0.2, -0.15) is 0 Å². The number of likely N-dealkylation sites (tertiary alicyclic amines) is 1. The van der Waals surface area contributed by atoms with Crippen molar-refractivity contribution in [3.8, 4) is 0 Å². The molecule has 4 heterocycles. The zero-order chi connectivity index (χ0) is 23.6. The van der Waals surface area contributed by atoms with Crippen molar-refractivity contribution in [3.63, 3.8) is 0 Å². The first-order chi connectivity index (χ1) is 16.2. The molecule has 4 nitrogen and oxygen atoms in total. The smallest absolute Gasteiger partial charge is 0.125 e. The van der Waals surface area contributed by atoms with Crippen molar-refractivity contribution in [1.82, 2.24) is 19.8 Å². The Labute approximate surface area is 198 Å². The fraction of sp³-hybridized carbons (Fsp3) is 0.429. The molecule has 1 fully saturated rings. The molecule has 2 N–H and O–H groups in total. The number of benzene rings is 2. The van der Waals surface area contributed by atoms with Gasteiger partial charge in [0, 0.05) is 65.4 Å². The van der Waals surface area contributed by atoms with E-state index in [1.807, 2.05) is 0 Å². The van der Waals surface area contributed by atoms with Gasteiger partial charge in [-0.1, -0.05) is 24.3 Å². The van der Waals surface area contributed by atoms with Gasteiger partial charge < -0.3 is 9.97 Å². The second-order valence-electron chi connectivity index (χ2n) is 10.8. The van der Waals surface area contributed by atoms with Crippen molar-refractivity contribution >= 4 is 21.8 Å². The van der Waals surface area contributed by atoms with Crippen LogP contribution in [0.25, 0.3) is 21.8 Å². The summed E-state index contributed by atoms with van der Waals surface area (Å²) in [4.78, 5) is 11.6. The molecular formula is C28H32F2N4. The van der Waals surface area contributed by atoms with Crippen LogP contribution in [-0.2, 0) is 13.0 Å². The molecule has 6 rings (SSSR count). The number of H-pyrrole nitrogens is 2. The van der Waals surface area contributed by atoms with Gasteiger partial charge in [-0.25, -0.2) is 8.78 Å². The molecule has 0 amide bonds. The number of alkyl halides is 2. The van der Waals surface area contributed by atoms with Crippen LogP contribution in [0.15, 0.2) is 48.5 Å². The SMILES string of the molecule is C[C@@H]1Cc2c([nH]c3ccccc23)[C@@H](c2ccc3[nH]c(CN4CC(F)C4)cc3c2)N1CC(C)(C)F. The maximum absolute atomic E-state index is 15.0. The first kappa shape index (κ1) is 21.8. The molecule has 0 aliphatic carbocycles. The van der Waals surface area contributed by atoms with Crippen LogP contribution in [0.2, 0.25) is 0 Å². The molecule has 2 aromatic heterocycles. The zero-order valence-electron chi connectivity index (χ0n) is 20.0. The third kappa shape index (κ3) is 3.83. The van der Waals surface area contributed by atoms with Gasteiger partial charge in [0.15, 0.2) is 0 Å². The highest BCUT2D eigenvalue weighted by Gasteiger charge is 2.38. The maximum atomic E-state index is 15.0. The van der Waals surface area contributed by atoms with Gasteiger partial charge in [0.05, 0.1) is 6.04 Å². The molecule has 0 bridgehead atoms. The van der Waals surface area contributed by atoms with Gasteiger partial charge in [-0.05, 0) is 62.6 Å². The molecule has 2 aliphatic rings. The quantitative estimate of drug-likeness (QED) is 0.388. The van der Waals surface area contributed by atoms with E-state index in [-0.39, 0.29) is 12.1 Å². The lowest BCUT2D eigenvalue weighted by molar-refractivity contribution is 0.0582. The van der Waals surface area contributed by atoms with Crippen molar-refractivity contribution in [1.29, 1.82) is 0 Å². The molecule has 4 aromatic rings. The monoisotopic (exact) mass is 462 g/mol. The number of halogens is 2. The number of hydrogen-bond acceptors (Lipinski definition) is 2. The first-order valence-corrected chi connectivity index (χ1v) is 12.3. The number of nitrogens with one attached hydrogen (secondary N) is 2. The lowest BCUT2D eigenvalue weighted by atomic mass is 9.87. The molecule has 1 saturated heterocycles. The number of nitrogens with zero attached hydrogens (tertiary/aromatic N) is 2. The fourth-order valence-electron chi connectivity index (χ4n) is 5.89. The molecule has 2 atom stereocenters. The third-order valence-electron chi connectivity index (χ3n) is 7.40. The highest BCUT2D eigenvalue weighted by atomic mass is 19.1. The van der Waals surface area contributed by atoms with E-state index >= 15 is 0 Å². The minimum atomic E-state index is -1.30. The normalized spacial score (nSPS) is 22.4. The first-order valence-electron chi connectivity index (χ1n) is 12.3. The topological polar surface area (TPSA) is 38.1 Å². The Morgan fingerprint density at radius 1 is 1.03 bits per heavy atom. The van der Waals surface area contributed by atoms with Crippen LogP contribution < -0.4 is 0 Å². The van der Waals surface area contributed by atoms with Gasteiger partial charge in [-0.3, -0.25) is 9.80 Å². The van der Waals surface area contributed by atoms with Crippen LogP contribution in [0, 0.1) is 0 Å². The summed E-state index contributed by atoms with van der Waals surface area (Å²) in [6, 6.07) is 17.3. The molecule has 2 aromatic carbocycles. The summed E-state index contributed by atoms with van der Waals surface area (Å²) < 4.78 is 28.2. The second-order valence-corrected chi connectivity index (χ2v) is 10.8. The molecular weight excluding hydrogens is 430 g/mol. The average molecular weight is 463 g/mol. The van der Waals surface area contributed by atoms with E-state index in [1.54, 1.807) is 13.8 Å². The van der Waals surface area contributed by atoms with Gasteiger partial charge >= 0.3 is 0 Å². The Morgan fingerprint density at radius 3 is 2.59 bits per heavy atom. The van der Waals surface area contributed by atoms with Crippen LogP contribution in [0.4, 0.5) is 8.78 Å². The molecule has 178 valence electrons. The van der Waals surface area contributed by atoms with Gasteiger partial charge in [0.25, 0.3) is 0 Å². The lowest BCUT2D eigenvalue weighted by Gasteiger charge is -2.43. The molecule has 0 radical (unpaired) electrons. The van der Waals surface area contributed by atoms with Crippen LogP contribution in [0.5, 0.6) is 0 Å². The van der Waals surface area contributed by atoms with E-state index in [0.29, 0.717) is 19.6 Å². The van der Waals surface area contributed by atoms with Crippen LogP contribution >= 0.6 is 0 Å². The van der Waals surface area contributed by atoms with E-state index in [4.69, 9.17) is 0 Å². The molecule has 2 aliphatic heterocycles. The van der Waals surface area contributed by atoms with Crippen molar-refractivity contribution in [2.24, 2.45) is 0 Å². The molecule has 6 heteroatoms. The average Bonchev–Trinajstić information content (AvgIpc) is 3.32. The number of aromatic amines is 2. The number of fused-ring (bicyclic) bond motifs is 4.